The molecule has 0 unspecified atom stereocenters. The van der Waals surface area contributed by atoms with Crippen molar-refractivity contribution in [1.82, 2.24) is 15.0 Å². The Balaban J connectivity index is 1.70. The number of aromatic amines is 1. The van der Waals surface area contributed by atoms with E-state index in [4.69, 9.17) is 0 Å². The summed E-state index contributed by atoms with van der Waals surface area (Å²) in [6.07, 6.45) is 0. The number of thioether (sulfide) groups is 1. The molecule has 23 heavy (non-hydrogen) atoms. The van der Waals surface area contributed by atoms with Crippen LogP contribution in [-0.4, -0.2) is 27.4 Å². The minimum atomic E-state index is 0.0220. The van der Waals surface area contributed by atoms with Crippen LogP contribution in [0.25, 0.3) is 11.0 Å². The van der Waals surface area contributed by atoms with Crippen molar-refractivity contribution in [2.45, 2.75) is 31.7 Å². The van der Waals surface area contributed by atoms with Crippen LogP contribution in [0.3, 0.4) is 0 Å². The van der Waals surface area contributed by atoms with Gasteiger partial charge in [0.05, 0.1) is 16.7 Å². The molecule has 0 aliphatic heterocycles. The third-order valence-corrected chi connectivity index (χ3v) is 5.26. The first-order chi connectivity index (χ1) is 11.1. The van der Waals surface area contributed by atoms with Gasteiger partial charge >= 0.3 is 0 Å². The van der Waals surface area contributed by atoms with E-state index in [-0.39, 0.29) is 5.91 Å². The Bertz CT molecular complexity index is 840. The summed E-state index contributed by atoms with van der Waals surface area (Å²) in [4.78, 5) is 25.7. The first kappa shape index (κ1) is 16.0. The first-order valence-corrected chi connectivity index (χ1v) is 9.25. The molecule has 120 valence electrons. The van der Waals surface area contributed by atoms with Gasteiger partial charge in [0.25, 0.3) is 0 Å². The van der Waals surface area contributed by atoms with Crippen LogP contribution in [0.1, 0.15) is 25.1 Å². The molecule has 3 aromatic rings. The molecule has 0 fully saturated rings. The van der Waals surface area contributed by atoms with E-state index >= 15 is 0 Å². The molecule has 0 bridgehead atoms. The van der Waals surface area contributed by atoms with E-state index in [2.05, 4.69) is 34.0 Å². The maximum absolute atomic E-state index is 11.6. The lowest BCUT2D eigenvalue weighted by Crippen LogP contribution is -2.27. The van der Waals surface area contributed by atoms with Gasteiger partial charge in [-0.2, -0.15) is 0 Å². The van der Waals surface area contributed by atoms with Gasteiger partial charge in [0, 0.05) is 24.6 Å². The van der Waals surface area contributed by atoms with Gasteiger partial charge in [-0.25, -0.2) is 9.97 Å². The first-order valence-electron chi connectivity index (χ1n) is 7.38. The predicted molar refractivity (Wildman–Crippen MR) is 96.2 cm³/mol. The molecule has 1 amide bonds. The predicted octanol–water partition coefficient (Wildman–Crippen LogP) is 3.99. The van der Waals surface area contributed by atoms with Gasteiger partial charge in [0.2, 0.25) is 5.91 Å². The highest BCUT2D eigenvalue weighted by Gasteiger charge is 2.13. The molecule has 3 rings (SSSR count). The Kier molecular flexibility index (Phi) is 4.68. The number of fused-ring (bicyclic) bond motifs is 1. The van der Waals surface area contributed by atoms with Crippen LogP contribution in [0, 0.1) is 6.92 Å². The Morgan fingerprint density at radius 3 is 2.96 bits per heavy atom. The van der Waals surface area contributed by atoms with Crippen molar-refractivity contribution >= 4 is 45.2 Å². The van der Waals surface area contributed by atoms with Crippen LogP contribution in [0.4, 0.5) is 5.13 Å². The highest BCUT2D eigenvalue weighted by atomic mass is 32.2. The monoisotopic (exact) mass is 346 g/mol. The number of amides is 1. The topological polar surface area (TPSA) is 61.9 Å². The number of carbonyl (C=O) groups is 1. The molecule has 2 heterocycles. The molecule has 0 aliphatic rings. The molecule has 0 aliphatic carbocycles. The van der Waals surface area contributed by atoms with Crippen molar-refractivity contribution in [2.75, 3.05) is 11.4 Å². The number of rotatable bonds is 5. The number of carbonyl (C=O) groups excluding carboxylic acids is 1. The number of H-pyrrole nitrogens is 1. The number of hydrogen-bond acceptors (Lipinski definition) is 5. The lowest BCUT2D eigenvalue weighted by atomic mass is 10.2. The molecule has 5 nitrogen and oxygen atoms in total. The van der Waals surface area contributed by atoms with Gasteiger partial charge in [0.1, 0.15) is 0 Å². The minimum absolute atomic E-state index is 0.0220. The molecule has 1 aromatic carbocycles. The van der Waals surface area contributed by atoms with Crippen molar-refractivity contribution in [1.29, 1.82) is 0 Å². The second-order valence-corrected chi connectivity index (χ2v) is 7.04. The number of benzene rings is 1. The fourth-order valence-corrected chi connectivity index (χ4v) is 4.11. The van der Waals surface area contributed by atoms with E-state index in [1.807, 2.05) is 18.4 Å². The van der Waals surface area contributed by atoms with E-state index in [1.54, 1.807) is 23.6 Å². The van der Waals surface area contributed by atoms with Crippen LogP contribution in [0.15, 0.2) is 28.7 Å². The smallest absolute Gasteiger partial charge is 0.225 e. The zero-order chi connectivity index (χ0) is 16.4. The van der Waals surface area contributed by atoms with E-state index < -0.39 is 0 Å². The largest absolute Gasteiger partial charge is 0.333 e. The maximum atomic E-state index is 11.6. The van der Waals surface area contributed by atoms with E-state index in [1.165, 1.54) is 16.9 Å². The number of nitrogens with zero attached hydrogens (tertiary/aromatic N) is 3. The van der Waals surface area contributed by atoms with Gasteiger partial charge in [-0.05, 0) is 31.5 Å². The van der Waals surface area contributed by atoms with Gasteiger partial charge in [0.15, 0.2) is 10.3 Å². The molecule has 7 heteroatoms. The van der Waals surface area contributed by atoms with E-state index in [9.17, 15) is 4.79 Å². The molecule has 1 N–H and O–H groups in total. The summed E-state index contributed by atoms with van der Waals surface area (Å²) in [5.74, 6) is 0.749. The molecular weight excluding hydrogens is 328 g/mol. The number of aryl methyl sites for hydroxylation is 1. The van der Waals surface area contributed by atoms with Crippen LogP contribution < -0.4 is 4.90 Å². The van der Waals surface area contributed by atoms with Crippen LogP contribution in [0.5, 0.6) is 0 Å². The summed E-state index contributed by atoms with van der Waals surface area (Å²) in [7, 11) is 0. The van der Waals surface area contributed by atoms with Crippen LogP contribution in [-0.2, 0) is 10.5 Å². The summed E-state index contributed by atoms with van der Waals surface area (Å²) in [5, 5.41) is 3.65. The second-order valence-electron chi connectivity index (χ2n) is 5.24. The number of nitrogens with one attached hydrogen (secondary N) is 1. The fourth-order valence-electron chi connectivity index (χ4n) is 2.29. The third kappa shape index (κ3) is 3.56. The summed E-state index contributed by atoms with van der Waals surface area (Å²) < 4.78 is 0. The van der Waals surface area contributed by atoms with Gasteiger partial charge in [-0.3, -0.25) is 9.69 Å². The molecule has 2 aromatic heterocycles. The Morgan fingerprint density at radius 1 is 1.39 bits per heavy atom. The Morgan fingerprint density at radius 2 is 2.22 bits per heavy atom. The summed E-state index contributed by atoms with van der Waals surface area (Å²) >= 11 is 3.12. The lowest BCUT2D eigenvalue weighted by Gasteiger charge is -2.14. The number of hydrogen-bond donors (Lipinski definition) is 1. The van der Waals surface area contributed by atoms with Crippen molar-refractivity contribution < 1.29 is 4.79 Å². The van der Waals surface area contributed by atoms with Crippen molar-refractivity contribution in [3.63, 3.8) is 0 Å². The number of imidazole rings is 1. The summed E-state index contributed by atoms with van der Waals surface area (Å²) in [6.45, 7) is 6.22. The normalized spacial score (nSPS) is 11.1. The minimum Gasteiger partial charge on any atom is -0.333 e. The third-order valence-electron chi connectivity index (χ3n) is 3.44. The lowest BCUT2D eigenvalue weighted by molar-refractivity contribution is -0.116. The molecule has 0 saturated heterocycles. The highest BCUT2D eigenvalue weighted by molar-refractivity contribution is 7.98. The van der Waals surface area contributed by atoms with E-state index in [0.717, 1.165) is 32.8 Å². The van der Waals surface area contributed by atoms with Crippen molar-refractivity contribution in [3.8, 4) is 0 Å². The highest BCUT2D eigenvalue weighted by Crippen LogP contribution is 2.27. The quantitative estimate of drug-likeness (QED) is 0.710. The zero-order valence-electron chi connectivity index (χ0n) is 13.3. The fraction of sp³-hybridized carbons (Fsp3) is 0.312. The zero-order valence-corrected chi connectivity index (χ0v) is 14.9. The molecule has 0 saturated carbocycles. The van der Waals surface area contributed by atoms with Gasteiger partial charge in [-0.15, -0.1) is 11.3 Å². The average molecular weight is 346 g/mol. The number of anilines is 1. The second kappa shape index (κ2) is 6.72. The average Bonchev–Trinajstić information content (AvgIpc) is 3.11. The van der Waals surface area contributed by atoms with E-state index in [0.29, 0.717) is 6.54 Å². The van der Waals surface area contributed by atoms with Crippen LogP contribution in [0.2, 0.25) is 0 Å². The summed E-state index contributed by atoms with van der Waals surface area (Å²) in [6, 6.07) is 6.18. The standard InChI is InChI=1S/C16H18N4OS2/c1-4-20(11(3)21)16-17-12(9-23-16)8-22-15-18-13-6-5-10(2)7-14(13)19-15/h5-7,9H,4,8H2,1-3H3,(H,18,19). The van der Waals surface area contributed by atoms with Gasteiger partial charge in [-0.1, -0.05) is 17.8 Å². The molecule has 0 radical (unpaired) electrons. The molecule has 0 atom stereocenters. The molecular formula is C16H18N4OS2. The maximum Gasteiger partial charge on any atom is 0.225 e. The summed E-state index contributed by atoms with van der Waals surface area (Å²) in [5.41, 5.74) is 4.21. The van der Waals surface area contributed by atoms with Crippen LogP contribution >= 0.6 is 23.1 Å². The molecule has 0 spiro atoms. The van der Waals surface area contributed by atoms with Crippen molar-refractivity contribution in [2.24, 2.45) is 0 Å². The number of thiazole rings is 1. The number of aromatic nitrogens is 3. The van der Waals surface area contributed by atoms with Crippen molar-refractivity contribution in [3.05, 3.63) is 34.8 Å². The van der Waals surface area contributed by atoms with Gasteiger partial charge < -0.3 is 4.98 Å². The Hall–Kier alpha value is -1.86. The SMILES string of the molecule is CCN(C(C)=O)c1nc(CSc2nc3ccc(C)cc3[nH]2)cs1. The Labute approximate surface area is 143 Å².